The zero-order valence-electron chi connectivity index (χ0n) is 21.4. The topological polar surface area (TPSA) is 77.7 Å². The van der Waals surface area contributed by atoms with Crippen LogP contribution >= 0.6 is 0 Å². The number of benzene rings is 1. The highest BCUT2D eigenvalue weighted by atomic mass is 19.4. The molecule has 1 fully saturated rings. The Hall–Kier alpha value is -3.95. The first-order valence-corrected chi connectivity index (χ1v) is 12.7. The number of carbonyl (C=O) groups is 1. The summed E-state index contributed by atoms with van der Waals surface area (Å²) in [4.78, 5) is 38.3. The molecule has 1 aromatic carbocycles. The van der Waals surface area contributed by atoms with Gasteiger partial charge in [-0.05, 0) is 79.8 Å². The number of carbonyl (C=O) groups excluding carboxylic acids is 1. The molecule has 39 heavy (non-hydrogen) atoms. The summed E-state index contributed by atoms with van der Waals surface area (Å²) in [7, 11) is 0. The van der Waals surface area contributed by atoms with E-state index in [-0.39, 0.29) is 40.5 Å². The molecular weight excluding hydrogens is 512 g/mol. The van der Waals surface area contributed by atoms with E-state index in [2.05, 4.69) is 15.0 Å². The van der Waals surface area contributed by atoms with E-state index >= 15 is 0 Å². The molecular formula is C29H26F4N4O2. The fraction of sp³-hybridized carbons (Fsp3) is 0.345. The van der Waals surface area contributed by atoms with Gasteiger partial charge in [-0.25, -0.2) is 9.37 Å². The van der Waals surface area contributed by atoms with E-state index in [0.29, 0.717) is 42.3 Å². The van der Waals surface area contributed by atoms with Gasteiger partial charge in [-0.1, -0.05) is 12.1 Å². The number of rotatable bonds is 5. The molecule has 1 aliphatic rings. The Labute approximate surface area is 221 Å². The minimum atomic E-state index is -4.67. The Morgan fingerprint density at radius 1 is 1.05 bits per heavy atom. The number of aryl methyl sites for hydroxylation is 1. The Balaban J connectivity index is 1.56. The Morgan fingerprint density at radius 2 is 1.77 bits per heavy atom. The SMILES string of the molecule is CC(=O)c1cnc2cc(C3CCC(c4c(C)cccc4F)CC3)c(=O)n(Cc3ncccc3C(F)(F)F)c2n1. The van der Waals surface area contributed by atoms with Crippen LogP contribution in [0.1, 0.15) is 82.9 Å². The van der Waals surface area contributed by atoms with Crippen molar-refractivity contribution in [3.05, 3.63) is 98.6 Å². The van der Waals surface area contributed by atoms with Crippen LogP contribution in [0.3, 0.4) is 0 Å². The standard InChI is InChI=1S/C29H26F4N4O2/c1-16-5-3-7-22(30)26(16)19-10-8-18(9-11-19)20-13-23-27(36-24(14-35-23)17(2)38)37(28(20)39)15-25-21(29(31,32)33)6-4-12-34-25/h3-7,12-14,18-19H,8-11,15H2,1-2H3. The third-order valence-corrected chi connectivity index (χ3v) is 7.53. The Kier molecular flexibility index (Phi) is 7.05. The van der Waals surface area contributed by atoms with Crippen molar-refractivity contribution in [3.63, 3.8) is 0 Å². The number of nitrogens with zero attached hydrogens (tertiary/aromatic N) is 4. The molecule has 202 valence electrons. The third kappa shape index (κ3) is 5.20. The van der Waals surface area contributed by atoms with Crippen LogP contribution in [0.5, 0.6) is 0 Å². The number of hydrogen-bond donors (Lipinski definition) is 0. The zero-order valence-corrected chi connectivity index (χ0v) is 21.4. The minimum absolute atomic E-state index is 0.00114. The molecule has 0 N–H and O–H groups in total. The van der Waals surface area contributed by atoms with Crippen molar-refractivity contribution in [2.45, 2.75) is 64.1 Å². The molecule has 0 aliphatic heterocycles. The summed E-state index contributed by atoms with van der Waals surface area (Å²) >= 11 is 0. The van der Waals surface area contributed by atoms with E-state index in [1.807, 2.05) is 13.0 Å². The van der Waals surface area contributed by atoms with Crippen molar-refractivity contribution in [1.29, 1.82) is 0 Å². The van der Waals surface area contributed by atoms with Crippen LogP contribution in [0, 0.1) is 12.7 Å². The van der Waals surface area contributed by atoms with E-state index in [4.69, 9.17) is 0 Å². The number of hydrogen-bond acceptors (Lipinski definition) is 5. The minimum Gasteiger partial charge on any atom is -0.293 e. The number of aromatic nitrogens is 4. The Bertz CT molecular complexity index is 1600. The van der Waals surface area contributed by atoms with Crippen molar-refractivity contribution in [2.75, 3.05) is 0 Å². The lowest BCUT2D eigenvalue weighted by Crippen LogP contribution is -2.30. The van der Waals surface area contributed by atoms with Gasteiger partial charge < -0.3 is 0 Å². The summed E-state index contributed by atoms with van der Waals surface area (Å²) in [6.07, 6.45) is 0.406. The molecule has 5 rings (SSSR count). The number of fused-ring (bicyclic) bond motifs is 1. The molecule has 3 aromatic heterocycles. The van der Waals surface area contributed by atoms with Gasteiger partial charge in [-0.15, -0.1) is 0 Å². The van der Waals surface area contributed by atoms with Gasteiger partial charge in [0.2, 0.25) is 0 Å². The van der Waals surface area contributed by atoms with E-state index in [0.717, 1.165) is 16.2 Å². The lowest BCUT2D eigenvalue weighted by molar-refractivity contribution is -0.138. The summed E-state index contributed by atoms with van der Waals surface area (Å²) in [5, 5.41) is 0. The second-order valence-electron chi connectivity index (χ2n) is 10.0. The smallest absolute Gasteiger partial charge is 0.293 e. The highest BCUT2D eigenvalue weighted by molar-refractivity contribution is 5.93. The van der Waals surface area contributed by atoms with Crippen LogP contribution in [0.2, 0.25) is 0 Å². The van der Waals surface area contributed by atoms with Gasteiger partial charge in [0.25, 0.3) is 5.56 Å². The van der Waals surface area contributed by atoms with E-state index < -0.39 is 23.8 Å². The number of Topliss-reactive ketones (excluding diaryl/α,β-unsaturated/α-hetero) is 1. The monoisotopic (exact) mass is 538 g/mol. The predicted octanol–water partition coefficient (Wildman–Crippen LogP) is 6.35. The van der Waals surface area contributed by atoms with Crippen molar-refractivity contribution in [3.8, 4) is 0 Å². The van der Waals surface area contributed by atoms with Gasteiger partial charge in [-0.2, -0.15) is 13.2 Å². The lowest BCUT2D eigenvalue weighted by Gasteiger charge is -2.30. The van der Waals surface area contributed by atoms with E-state index in [9.17, 15) is 27.2 Å². The van der Waals surface area contributed by atoms with Crippen LogP contribution in [-0.4, -0.2) is 25.3 Å². The van der Waals surface area contributed by atoms with Crippen LogP contribution in [-0.2, 0) is 12.7 Å². The quantitative estimate of drug-likeness (QED) is 0.219. The second-order valence-corrected chi connectivity index (χ2v) is 10.0. The fourth-order valence-corrected chi connectivity index (χ4v) is 5.59. The zero-order chi connectivity index (χ0) is 27.9. The van der Waals surface area contributed by atoms with E-state index in [1.165, 1.54) is 31.5 Å². The fourth-order valence-electron chi connectivity index (χ4n) is 5.59. The van der Waals surface area contributed by atoms with Crippen molar-refractivity contribution >= 4 is 16.9 Å². The molecule has 0 atom stereocenters. The third-order valence-electron chi connectivity index (χ3n) is 7.53. The normalized spacial score (nSPS) is 17.9. The van der Waals surface area contributed by atoms with Crippen LogP contribution in [0.4, 0.5) is 17.6 Å². The molecule has 6 nitrogen and oxygen atoms in total. The average Bonchev–Trinajstić information content (AvgIpc) is 2.90. The lowest BCUT2D eigenvalue weighted by atomic mass is 9.75. The summed E-state index contributed by atoms with van der Waals surface area (Å²) in [6, 6.07) is 8.74. The maximum Gasteiger partial charge on any atom is 0.418 e. The average molecular weight is 539 g/mol. The van der Waals surface area contributed by atoms with E-state index in [1.54, 1.807) is 12.1 Å². The number of alkyl halides is 3. The molecule has 10 heteroatoms. The van der Waals surface area contributed by atoms with Gasteiger partial charge >= 0.3 is 6.18 Å². The maximum absolute atomic E-state index is 14.6. The van der Waals surface area contributed by atoms with Gasteiger partial charge in [-0.3, -0.25) is 24.1 Å². The van der Waals surface area contributed by atoms with Crippen LogP contribution < -0.4 is 5.56 Å². The Morgan fingerprint density at radius 3 is 2.44 bits per heavy atom. The highest BCUT2D eigenvalue weighted by Crippen LogP contribution is 2.41. The number of halogens is 4. The molecule has 0 radical (unpaired) electrons. The first-order chi connectivity index (χ1) is 18.5. The van der Waals surface area contributed by atoms with Crippen LogP contribution in [0.25, 0.3) is 11.2 Å². The van der Waals surface area contributed by atoms with Gasteiger partial charge in [0.05, 0.1) is 24.0 Å². The molecule has 4 aromatic rings. The van der Waals surface area contributed by atoms with Crippen molar-refractivity contribution in [1.82, 2.24) is 19.5 Å². The number of pyridine rings is 2. The molecule has 3 heterocycles. The summed E-state index contributed by atoms with van der Waals surface area (Å²) < 4.78 is 56.9. The number of ketones is 1. The predicted molar refractivity (Wildman–Crippen MR) is 137 cm³/mol. The van der Waals surface area contributed by atoms with Crippen molar-refractivity contribution < 1.29 is 22.4 Å². The first-order valence-electron chi connectivity index (χ1n) is 12.7. The molecule has 1 saturated carbocycles. The van der Waals surface area contributed by atoms with Gasteiger partial charge in [0, 0.05) is 18.7 Å². The summed E-state index contributed by atoms with van der Waals surface area (Å²) in [6.45, 7) is 2.69. The molecule has 0 spiro atoms. The largest absolute Gasteiger partial charge is 0.418 e. The summed E-state index contributed by atoms with van der Waals surface area (Å²) in [5.74, 6) is -0.788. The highest BCUT2D eigenvalue weighted by Gasteiger charge is 2.34. The first kappa shape index (κ1) is 26.6. The van der Waals surface area contributed by atoms with Gasteiger partial charge in [0.15, 0.2) is 11.4 Å². The van der Waals surface area contributed by atoms with Crippen molar-refractivity contribution in [2.24, 2.45) is 0 Å². The maximum atomic E-state index is 14.6. The molecule has 1 aliphatic carbocycles. The molecule has 0 amide bonds. The molecule has 0 saturated heterocycles. The second kappa shape index (κ2) is 10.3. The van der Waals surface area contributed by atoms with Gasteiger partial charge in [0.1, 0.15) is 17.0 Å². The van der Waals surface area contributed by atoms with Crippen LogP contribution in [0.15, 0.2) is 53.6 Å². The molecule has 0 unspecified atom stereocenters. The summed E-state index contributed by atoms with van der Waals surface area (Å²) in [5.41, 5.74) is 0.537. The molecule has 0 bridgehead atoms.